The summed E-state index contributed by atoms with van der Waals surface area (Å²) >= 11 is 5.85. The zero-order valence-electron chi connectivity index (χ0n) is 17.8. The molecule has 0 radical (unpaired) electrons. The SMILES string of the molecule is COc1cc(C(=O)Nc2ncn(Cc3ccccc3)n2)ccc1Oc1ccc(Cl)cc1[N+](=O)[O-]. The van der Waals surface area contributed by atoms with Gasteiger partial charge in [-0.1, -0.05) is 41.9 Å². The minimum Gasteiger partial charge on any atom is -0.493 e. The molecule has 0 saturated carbocycles. The van der Waals surface area contributed by atoms with Crippen LogP contribution in [-0.2, 0) is 6.54 Å². The largest absolute Gasteiger partial charge is 0.493 e. The van der Waals surface area contributed by atoms with Gasteiger partial charge in [-0.2, -0.15) is 0 Å². The lowest BCUT2D eigenvalue weighted by molar-refractivity contribution is -0.385. The molecule has 0 spiro atoms. The van der Waals surface area contributed by atoms with Crippen LogP contribution in [0.4, 0.5) is 11.6 Å². The Hall–Kier alpha value is -4.44. The van der Waals surface area contributed by atoms with E-state index in [1.165, 1.54) is 49.8 Å². The van der Waals surface area contributed by atoms with Crippen LogP contribution < -0.4 is 14.8 Å². The van der Waals surface area contributed by atoms with E-state index >= 15 is 0 Å². The number of carbonyl (C=O) groups excluding carboxylic acids is 1. The number of nitro benzene ring substituents is 1. The van der Waals surface area contributed by atoms with Crippen molar-refractivity contribution in [3.05, 3.63) is 99.3 Å². The Morgan fingerprint density at radius 3 is 2.59 bits per heavy atom. The number of amides is 1. The van der Waals surface area contributed by atoms with E-state index in [0.29, 0.717) is 6.54 Å². The molecular weight excluding hydrogens is 462 g/mol. The normalized spacial score (nSPS) is 10.5. The summed E-state index contributed by atoms with van der Waals surface area (Å²) in [5.41, 5.74) is 1.01. The summed E-state index contributed by atoms with van der Waals surface area (Å²) < 4.78 is 12.6. The molecule has 0 atom stereocenters. The molecule has 0 bridgehead atoms. The predicted octanol–water partition coefficient (Wildman–Crippen LogP) is 4.94. The molecule has 0 saturated heterocycles. The van der Waals surface area contributed by atoms with Crippen molar-refractivity contribution < 1.29 is 19.2 Å². The summed E-state index contributed by atoms with van der Waals surface area (Å²) in [6, 6.07) is 18.2. The van der Waals surface area contributed by atoms with Gasteiger partial charge in [-0.3, -0.25) is 20.2 Å². The van der Waals surface area contributed by atoms with Crippen LogP contribution in [0.2, 0.25) is 5.02 Å². The van der Waals surface area contributed by atoms with E-state index in [1.54, 1.807) is 4.68 Å². The molecule has 4 aromatic rings. The van der Waals surface area contributed by atoms with E-state index in [4.69, 9.17) is 21.1 Å². The van der Waals surface area contributed by atoms with Gasteiger partial charge in [0.25, 0.3) is 5.91 Å². The van der Waals surface area contributed by atoms with Crippen LogP contribution in [0, 0.1) is 10.1 Å². The zero-order valence-corrected chi connectivity index (χ0v) is 18.6. The summed E-state index contributed by atoms with van der Waals surface area (Å²) in [6.45, 7) is 0.514. The van der Waals surface area contributed by atoms with Crippen LogP contribution in [-0.4, -0.2) is 32.7 Å². The van der Waals surface area contributed by atoms with Crippen molar-refractivity contribution in [3.8, 4) is 17.2 Å². The molecule has 3 aromatic carbocycles. The first-order valence-electron chi connectivity index (χ1n) is 9.97. The zero-order chi connectivity index (χ0) is 24.1. The Balaban J connectivity index is 1.48. The van der Waals surface area contributed by atoms with Crippen molar-refractivity contribution in [2.75, 3.05) is 12.4 Å². The lowest BCUT2D eigenvalue weighted by atomic mass is 10.2. The van der Waals surface area contributed by atoms with E-state index in [1.807, 2.05) is 30.3 Å². The Bertz CT molecular complexity index is 1340. The molecule has 11 heteroatoms. The molecule has 0 aliphatic carbocycles. The lowest BCUT2D eigenvalue weighted by Crippen LogP contribution is -2.13. The third-order valence-electron chi connectivity index (χ3n) is 4.71. The molecule has 10 nitrogen and oxygen atoms in total. The summed E-state index contributed by atoms with van der Waals surface area (Å²) in [5.74, 6) is 0.0732. The molecule has 34 heavy (non-hydrogen) atoms. The van der Waals surface area contributed by atoms with Crippen molar-refractivity contribution >= 4 is 29.1 Å². The molecule has 0 aliphatic rings. The van der Waals surface area contributed by atoms with Crippen LogP contribution >= 0.6 is 11.6 Å². The predicted molar refractivity (Wildman–Crippen MR) is 125 cm³/mol. The third kappa shape index (κ3) is 5.30. The van der Waals surface area contributed by atoms with Gasteiger partial charge >= 0.3 is 5.69 Å². The van der Waals surface area contributed by atoms with E-state index in [0.717, 1.165) is 5.56 Å². The van der Waals surface area contributed by atoms with Crippen molar-refractivity contribution in [2.24, 2.45) is 0 Å². The Morgan fingerprint density at radius 1 is 1.09 bits per heavy atom. The standard InChI is InChI=1S/C23H18ClN5O5/c1-33-21-11-16(7-9-20(21)34-19-10-8-17(24)12-18(19)29(31)32)22(30)26-23-25-14-28(27-23)13-15-5-3-2-4-6-15/h2-12,14H,13H2,1H3,(H,26,27,30). The Kier molecular flexibility index (Phi) is 6.69. The van der Waals surface area contributed by atoms with Crippen LogP contribution in [0.25, 0.3) is 0 Å². The number of aromatic nitrogens is 3. The highest BCUT2D eigenvalue weighted by Crippen LogP contribution is 2.38. The topological polar surface area (TPSA) is 121 Å². The maximum atomic E-state index is 12.7. The fourth-order valence-electron chi connectivity index (χ4n) is 3.10. The number of nitrogens with zero attached hydrogens (tertiary/aromatic N) is 4. The molecule has 0 aliphatic heterocycles. The number of carbonyl (C=O) groups is 1. The van der Waals surface area contributed by atoms with Gasteiger partial charge in [0, 0.05) is 16.7 Å². The highest BCUT2D eigenvalue weighted by molar-refractivity contribution is 6.30. The molecule has 0 unspecified atom stereocenters. The van der Waals surface area contributed by atoms with E-state index < -0.39 is 10.8 Å². The van der Waals surface area contributed by atoms with Gasteiger partial charge in [0.05, 0.1) is 18.6 Å². The van der Waals surface area contributed by atoms with Gasteiger partial charge in [-0.15, -0.1) is 5.10 Å². The Labute approximate surface area is 198 Å². The van der Waals surface area contributed by atoms with E-state index in [-0.39, 0.29) is 39.5 Å². The van der Waals surface area contributed by atoms with Crippen molar-refractivity contribution in [3.63, 3.8) is 0 Å². The lowest BCUT2D eigenvalue weighted by Gasteiger charge is -2.12. The number of hydrogen-bond acceptors (Lipinski definition) is 7. The number of nitrogens with one attached hydrogen (secondary N) is 1. The Morgan fingerprint density at radius 2 is 1.85 bits per heavy atom. The summed E-state index contributed by atoms with van der Waals surface area (Å²) in [4.78, 5) is 27.5. The summed E-state index contributed by atoms with van der Waals surface area (Å²) in [6.07, 6.45) is 1.53. The summed E-state index contributed by atoms with van der Waals surface area (Å²) in [5, 5.41) is 18.4. The number of methoxy groups -OCH3 is 1. The molecule has 4 rings (SSSR count). The van der Waals surface area contributed by atoms with E-state index in [9.17, 15) is 14.9 Å². The smallest absolute Gasteiger partial charge is 0.313 e. The minimum atomic E-state index is -0.598. The molecule has 0 fully saturated rings. The summed E-state index contributed by atoms with van der Waals surface area (Å²) in [7, 11) is 1.40. The van der Waals surface area contributed by atoms with E-state index in [2.05, 4.69) is 15.4 Å². The fraction of sp³-hybridized carbons (Fsp3) is 0.0870. The first-order valence-corrected chi connectivity index (χ1v) is 10.4. The molecule has 1 N–H and O–H groups in total. The monoisotopic (exact) mass is 479 g/mol. The maximum absolute atomic E-state index is 12.7. The van der Waals surface area contributed by atoms with Crippen LogP contribution in [0.15, 0.2) is 73.1 Å². The number of ether oxygens (including phenoxy) is 2. The van der Waals surface area contributed by atoms with Gasteiger partial charge in [0.2, 0.25) is 11.7 Å². The second kappa shape index (κ2) is 10.0. The van der Waals surface area contributed by atoms with Crippen LogP contribution in [0.1, 0.15) is 15.9 Å². The quantitative estimate of drug-likeness (QED) is 0.280. The van der Waals surface area contributed by atoms with Crippen LogP contribution in [0.5, 0.6) is 17.2 Å². The average Bonchev–Trinajstić information content (AvgIpc) is 3.27. The first-order chi connectivity index (χ1) is 16.4. The second-order valence-corrected chi connectivity index (χ2v) is 7.48. The molecular formula is C23H18ClN5O5. The number of hydrogen-bond donors (Lipinski definition) is 1. The number of rotatable bonds is 8. The minimum absolute atomic E-state index is 0.0157. The van der Waals surface area contributed by atoms with Gasteiger partial charge in [-0.25, -0.2) is 9.67 Å². The molecule has 1 heterocycles. The van der Waals surface area contributed by atoms with Crippen molar-refractivity contribution in [2.45, 2.75) is 6.54 Å². The number of benzene rings is 3. The molecule has 1 aromatic heterocycles. The van der Waals surface area contributed by atoms with Gasteiger partial charge in [-0.05, 0) is 35.9 Å². The van der Waals surface area contributed by atoms with Gasteiger partial charge in [0.15, 0.2) is 11.5 Å². The third-order valence-corrected chi connectivity index (χ3v) is 4.95. The number of nitro groups is 1. The van der Waals surface area contributed by atoms with Gasteiger partial charge < -0.3 is 9.47 Å². The molecule has 172 valence electrons. The highest BCUT2D eigenvalue weighted by atomic mass is 35.5. The second-order valence-electron chi connectivity index (χ2n) is 7.04. The molecule has 1 amide bonds. The first kappa shape index (κ1) is 22.7. The van der Waals surface area contributed by atoms with Crippen molar-refractivity contribution in [1.82, 2.24) is 14.8 Å². The average molecular weight is 480 g/mol. The number of halogens is 1. The van der Waals surface area contributed by atoms with Crippen molar-refractivity contribution in [1.29, 1.82) is 0 Å². The number of anilines is 1. The fourth-order valence-corrected chi connectivity index (χ4v) is 3.27. The van der Waals surface area contributed by atoms with Crippen LogP contribution in [0.3, 0.4) is 0 Å². The highest BCUT2D eigenvalue weighted by Gasteiger charge is 2.19. The maximum Gasteiger partial charge on any atom is 0.313 e. The van der Waals surface area contributed by atoms with Gasteiger partial charge in [0.1, 0.15) is 6.33 Å².